The third-order valence-electron chi connectivity index (χ3n) is 5.56. The predicted octanol–water partition coefficient (Wildman–Crippen LogP) is 9.07. The Morgan fingerprint density at radius 1 is 1.18 bits per heavy atom. The number of ether oxygens (including phenoxy) is 1. The Morgan fingerprint density at radius 2 is 1.92 bits per heavy atom. The molecule has 4 N–H and O–H groups in total. The van der Waals surface area contributed by atoms with Crippen LogP contribution in [-0.4, -0.2) is 23.8 Å². The molecule has 0 aliphatic heterocycles. The number of aliphatic hydroxyl groups excluding tert-OH is 1. The first-order valence-corrected chi connectivity index (χ1v) is 13.8. The first-order valence-electron chi connectivity index (χ1n) is 12.9. The van der Waals surface area contributed by atoms with Crippen molar-refractivity contribution < 1.29 is 9.84 Å². The fourth-order valence-corrected chi connectivity index (χ4v) is 4.46. The number of amidine groups is 1. The summed E-state index contributed by atoms with van der Waals surface area (Å²) in [6.45, 7) is 18.6. The van der Waals surface area contributed by atoms with Crippen molar-refractivity contribution in [1.29, 1.82) is 5.41 Å². The van der Waals surface area contributed by atoms with Crippen LogP contribution < -0.4 is 15.4 Å². The van der Waals surface area contributed by atoms with Crippen molar-refractivity contribution in [2.45, 2.75) is 66.2 Å². The highest BCUT2D eigenvalue weighted by atomic mass is 32.2. The number of hydrogen-bond donors (Lipinski definition) is 4. The van der Waals surface area contributed by atoms with Gasteiger partial charge in [0, 0.05) is 38.8 Å². The minimum absolute atomic E-state index is 0.0541. The van der Waals surface area contributed by atoms with Crippen molar-refractivity contribution in [2.24, 2.45) is 10.4 Å². The molecule has 0 aliphatic rings. The number of aliphatic imine (C=N–C) groups is 1. The molecule has 0 atom stereocenters. The van der Waals surface area contributed by atoms with E-state index < -0.39 is 5.41 Å². The monoisotopic (exact) mass is 534 g/mol. The van der Waals surface area contributed by atoms with Crippen molar-refractivity contribution in [1.82, 2.24) is 5.32 Å². The summed E-state index contributed by atoms with van der Waals surface area (Å²) in [5.41, 5.74) is 3.62. The van der Waals surface area contributed by atoms with Crippen LogP contribution >= 0.6 is 11.8 Å². The number of rotatable bonds is 12. The van der Waals surface area contributed by atoms with E-state index in [-0.39, 0.29) is 11.6 Å². The average Bonchev–Trinajstić information content (AvgIpc) is 2.86. The van der Waals surface area contributed by atoms with Gasteiger partial charge in [-0.15, -0.1) is 0 Å². The highest BCUT2D eigenvalue weighted by molar-refractivity contribution is 8.08. The molecule has 0 aromatic heterocycles. The number of nitrogens with one attached hydrogen (secondary N) is 3. The molecular formula is C31H42N4O2S. The van der Waals surface area contributed by atoms with Gasteiger partial charge in [0.1, 0.15) is 23.2 Å². The quantitative estimate of drug-likeness (QED) is 0.0944. The van der Waals surface area contributed by atoms with Crippen LogP contribution in [0.3, 0.4) is 0 Å². The Hall–Kier alpha value is -3.45. The Balaban J connectivity index is 2.30. The van der Waals surface area contributed by atoms with Gasteiger partial charge in [0.25, 0.3) is 0 Å². The lowest BCUT2D eigenvalue weighted by molar-refractivity contribution is 0.278. The molecule has 0 unspecified atom stereocenters. The minimum Gasteiger partial charge on any atom is -0.512 e. The molecule has 0 heterocycles. The maximum absolute atomic E-state index is 10.2. The van der Waals surface area contributed by atoms with Crippen LogP contribution in [0.2, 0.25) is 0 Å². The van der Waals surface area contributed by atoms with Gasteiger partial charge in [-0.2, -0.15) is 0 Å². The summed E-state index contributed by atoms with van der Waals surface area (Å²) in [6.07, 6.45) is 5.07. The topological polar surface area (TPSA) is 89.7 Å². The Kier molecular flexibility index (Phi) is 11.7. The van der Waals surface area contributed by atoms with Crippen molar-refractivity contribution >= 4 is 40.1 Å². The van der Waals surface area contributed by atoms with Crippen molar-refractivity contribution in [3.05, 3.63) is 77.8 Å². The molecular weight excluding hydrogens is 492 g/mol. The fraction of sp³-hybridized carbons (Fsp3) is 0.355. The van der Waals surface area contributed by atoms with Crippen LogP contribution in [0, 0.1) is 10.8 Å². The number of thioether (sulfide) groups is 1. The zero-order chi connectivity index (χ0) is 28.3. The third kappa shape index (κ3) is 9.45. The molecule has 0 saturated heterocycles. The largest absolute Gasteiger partial charge is 0.512 e. The van der Waals surface area contributed by atoms with E-state index in [2.05, 4.69) is 55.1 Å². The van der Waals surface area contributed by atoms with Gasteiger partial charge in [0.2, 0.25) is 0 Å². The summed E-state index contributed by atoms with van der Waals surface area (Å²) in [6, 6.07) is 14.1. The maximum atomic E-state index is 10.2. The first-order chi connectivity index (χ1) is 18.0. The second kappa shape index (κ2) is 14.5. The van der Waals surface area contributed by atoms with Crippen LogP contribution in [0.5, 0.6) is 5.75 Å². The number of anilines is 1. The van der Waals surface area contributed by atoms with Gasteiger partial charge in [-0.3, -0.25) is 10.4 Å². The summed E-state index contributed by atoms with van der Waals surface area (Å²) < 4.78 is 5.93. The number of aliphatic hydroxyl groups is 1. The molecule has 0 amide bonds. The summed E-state index contributed by atoms with van der Waals surface area (Å²) in [4.78, 5) is 6.82. The lowest BCUT2D eigenvalue weighted by atomic mass is 9.93. The Labute approximate surface area is 232 Å². The molecule has 204 valence electrons. The second-order valence-corrected chi connectivity index (χ2v) is 11.0. The SMILES string of the molecule is C=C(NC(=N)/C=C(\O)C(C)(C)C)Nc1cccc(S/C(=C(/C)CC)c2cc(OCCC)ccc2/N=C\C)c1. The maximum Gasteiger partial charge on any atom is 0.126 e. The molecule has 7 heteroatoms. The molecule has 0 spiro atoms. The first kappa shape index (κ1) is 30.8. The molecule has 2 aromatic carbocycles. The van der Waals surface area contributed by atoms with E-state index in [0.717, 1.165) is 45.3 Å². The van der Waals surface area contributed by atoms with Gasteiger partial charge in [-0.1, -0.05) is 64.6 Å². The van der Waals surface area contributed by atoms with E-state index in [9.17, 15) is 5.11 Å². The molecule has 6 nitrogen and oxygen atoms in total. The molecule has 0 aliphatic carbocycles. The lowest BCUT2D eigenvalue weighted by Gasteiger charge is -2.18. The van der Waals surface area contributed by atoms with Crippen LogP contribution in [0.15, 0.2) is 82.2 Å². The number of hydrogen-bond acceptors (Lipinski definition) is 6. The van der Waals surface area contributed by atoms with E-state index in [1.54, 1.807) is 11.8 Å². The Bertz CT molecular complexity index is 1220. The van der Waals surface area contributed by atoms with Crippen molar-refractivity contribution in [2.75, 3.05) is 11.9 Å². The van der Waals surface area contributed by atoms with Gasteiger partial charge < -0.3 is 20.5 Å². The van der Waals surface area contributed by atoms with E-state index in [1.807, 2.05) is 64.2 Å². The smallest absolute Gasteiger partial charge is 0.126 e. The molecule has 2 rings (SSSR count). The van der Waals surface area contributed by atoms with Gasteiger partial charge in [0.15, 0.2) is 0 Å². The van der Waals surface area contributed by atoms with Crippen LogP contribution in [-0.2, 0) is 0 Å². The lowest BCUT2D eigenvalue weighted by Crippen LogP contribution is -2.25. The highest BCUT2D eigenvalue weighted by Gasteiger charge is 2.17. The standard InChI is InChI=1S/C31H42N4O2S/c1-9-17-37-24-15-16-27(33-11-3)26(19-24)30(21(4)10-2)38-25-14-12-13-23(18-25)34-22(5)35-29(32)20-28(36)31(6,7)8/h11-16,18-20,34,36H,5,9-10,17H2,1-4,6-8H3,(H2,32,35)/b28-20-,30-21-,33-11-. The number of nitrogens with zero attached hydrogens (tertiary/aromatic N) is 1. The van der Waals surface area contributed by atoms with Crippen LogP contribution in [0.25, 0.3) is 4.91 Å². The molecule has 38 heavy (non-hydrogen) atoms. The van der Waals surface area contributed by atoms with Crippen molar-refractivity contribution in [3.8, 4) is 5.75 Å². The Morgan fingerprint density at radius 3 is 2.55 bits per heavy atom. The molecule has 0 bridgehead atoms. The molecule has 2 aromatic rings. The normalized spacial score (nSPS) is 12.8. The van der Waals surface area contributed by atoms with Gasteiger partial charge >= 0.3 is 0 Å². The highest BCUT2D eigenvalue weighted by Crippen LogP contribution is 2.43. The van der Waals surface area contributed by atoms with Crippen LogP contribution in [0.1, 0.15) is 66.9 Å². The van der Waals surface area contributed by atoms with Gasteiger partial charge in [-0.05, 0) is 63.1 Å². The summed E-state index contributed by atoms with van der Waals surface area (Å²) >= 11 is 1.69. The van der Waals surface area contributed by atoms with E-state index in [0.29, 0.717) is 12.4 Å². The van der Waals surface area contributed by atoms with Crippen molar-refractivity contribution in [3.63, 3.8) is 0 Å². The molecule has 0 saturated carbocycles. The van der Waals surface area contributed by atoms with E-state index in [4.69, 9.17) is 10.1 Å². The summed E-state index contributed by atoms with van der Waals surface area (Å²) in [5.74, 6) is 1.46. The van der Waals surface area contributed by atoms with Gasteiger partial charge in [-0.25, -0.2) is 0 Å². The summed E-state index contributed by atoms with van der Waals surface area (Å²) in [5, 5.41) is 24.4. The second-order valence-electron chi connectivity index (χ2n) is 9.93. The molecule has 0 radical (unpaired) electrons. The van der Waals surface area contributed by atoms with Crippen LogP contribution in [0.4, 0.5) is 11.4 Å². The van der Waals surface area contributed by atoms with E-state index >= 15 is 0 Å². The third-order valence-corrected chi connectivity index (χ3v) is 6.82. The zero-order valence-electron chi connectivity index (χ0n) is 23.7. The fourth-order valence-electron chi connectivity index (χ4n) is 3.30. The van der Waals surface area contributed by atoms with Gasteiger partial charge in [0.05, 0.1) is 12.3 Å². The van der Waals surface area contributed by atoms with E-state index in [1.165, 1.54) is 11.6 Å². The average molecular weight is 535 g/mol. The minimum atomic E-state index is -0.430. The number of benzene rings is 2. The molecule has 0 fully saturated rings. The number of allylic oxidation sites excluding steroid dienone is 2. The summed E-state index contributed by atoms with van der Waals surface area (Å²) in [7, 11) is 0. The predicted molar refractivity (Wildman–Crippen MR) is 165 cm³/mol. The zero-order valence-corrected chi connectivity index (χ0v) is 24.6.